The molecule has 0 aliphatic carbocycles. The molecule has 0 unspecified atom stereocenters. The van der Waals surface area contributed by atoms with E-state index in [4.69, 9.17) is 0 Å². The predicted molar refractivity (Wildman–Crippen MR) is 113 cm³/mol. The van der Waals surface area contributed by atoms with Gasteiger partial charge in [-0.05, 0) is 5.54 Å². The van der Waals surface area contributed by atoms with Gasteiger partial charge in [-0.1, -0.05) is 131 Å². The second-order valence-electron chi connectivity index (χ2n) is 9.61. The molecule has 0 N–H and O–H groups in total. The Balaban J connectivity index is 1.59. The molecule has 2 atom stereocenters. The lowest BCUT2D eigenvalue weighted by molar-refractivity contribution is 0.431. The van der Waals surface area contributed by atoms with Crippen molar-refractivity contribution in [3.63, 3.8) is 0 Å². The quantitative estimate of drug-likeness (QED) is 0.510. The second kappa shape index (κ2) is 7.81. The summed E-state index contributed by atoms with van der Waals surface area (Å²) < 4.78 is 0. The van der Waals surface area contributed by atoms with Gasteiger partial charge in [0.2, 0.25) is 0 Å². The minimum absolute atomic E-state index is 0.873. The van der Waals surface area contributed by atoms with Crippen LogP contribution in [-0.2, 0) is 0 Å². The molecule has 0 amide bonds. The van der Waals surface area contributed by atoms with Crippen LogP contribution in [-0.4, -0.2) is 14.8 Å². The zero-order chi connectivity index (χ0) is 17.2. The zero-order valence-corrected chi connectivity index (χ0v) is 17.4. The number of hydrogen-bond acceptors (Lipinski definition) is 0. The third kappa shape index (κ3) is 4.01. The molecule has 1 aromatic rings. The predicted octanol–water partition coefficient (Wildman–Crippen LogP) is 6.62. The first-order chi connectivity index (χ1) is 11.5. The fourth-order valence-electron chi connectivity index (χ4n) is 5.81. The van der Waals surface area contributed by atoms with Crippen LogP contribution in [0.4, 0.5) is 0 Å². The first-order valence-corrected chi connectivity index (χ1v) is 13.6. The van der Waals surface area contributed by atoms with Crippen LogP contribution in [0.5, 0.6) is 0 Å². The van der Waals surface area contributed by atoms with E-state index in [1.54, 1.807) is 5.19 Å². The van der Waals surface area contributed by atoms with E-state index in [2.05, 4.69) is 57.3 Å². The lowest BCUT2D eigenvalue weighted by atomic mass is 9.25. The van der Waals surface area contributed by atoms with Crippen molar-refractivity contribution < 1.29 is 0 Å². The van der Waals surface area contributed by atoms with Gasteiger partial charge in [0.25, 0.3) is 0 Å². The SMILES string of the molecule is C[C@H](CB1C2CCCC1CCC2)C[C@H](C)[Si](C)(C)c1ccccc1. The first-order valence-electron chi connectivity index (χ1n) is 10.5. The van der Waals surface area contributed by atoms with Crippen molar-refractivity contribution in [1.29, 1.82) is 0 Å². The van der Waals surface area contributed by atoms with Crippen molar-refractivity contribution in [2.75, 3.05) is 0 Å². The van der Waals surface area contributed by atoms with Gasteiger partial charge in [-0.25, -0.2) is 0 Å². The van der Waals surface area contributed by atoms with Crippen molar-refractivity contribution in [2.24, 2.45) is 5.92 Å². The average molecular weight is 340 g/mol. The molecule has 2 bridgehead atoms. The monoisotopic (exact) mass is 340 g/mol. The summed E-state index contributed by atoms with van der Waals surface area (Å²) in [4.78, 5) is 0. The fourth-order valence-corrected chi connectivity index (χ4v) is 8.42. The van der Waals surface area contributed by atoms with Gasteiger partial charge < -0.3 is 0 Å². The second-order valence-corrected chi connectivity index (χ2v) is 14.6. The van der Waals surface area contributed by atoms with Crippen molar-refractivity contribution in [3.8, 4) is 0 Å². The van der Waals surface area contributed by atoms with Gasteiger partial charge >= 0.3 is 0 Å². The molecular weight excluding hydrogens is 303 g/mol. The van der Waals surface area contributed by atoms with E-state index in [0.29, 0.717) is 0 Å². The summed E-state index contributed by atoms with van der Waals surface area (Å²) in [6, 6.07) is 11.4. The molecule has 0 radical (unpaired) electrons. The highest BCUT2D eigenvalue weighted by Gasteiger charge is 2.40. The molecule has 2 fully saturated rings. The summed E-state index contributed by atoms with van der Waals surface area (Å²) in [6.07, 6.45) is 12.1. The van der Waals surface area contributed by atoms with Crippen LogP contribution >= 0.6 is 0 Å². The summed E-state index contributed by atoms with van der Waals surface area (Å²) in [7, 11) is -1.34. The van der Waals surface area contributed by atoms with Crippen molar-refractivity contribution in [1.82, 2.24) is 0 Å². The highest BCUT2D eigenvalue weighted by atomic mass is 28.3. The molecule has 2 heteroatoms. The summed E-state index contributed by atoms with van der Waals surface area (Å²) in [5, 5.41) is 1.64. The molecule has 2 saturated heterocycles. The van der Waals surface area contributed by atoms with Gasteiger partial charge in [0, 0.05) is 0 Å². The van der Waals surface area contributed by atoms with E-state index in [1.165, 1.54) is 51.3 Å². The fraction of sp³-hybridized carbons (Fsp3) is 0.727. The topological polar surface area (TPSA) is 0 Å². The molecule has 2 heterocycles. The van der Waals surface area contributed by atoms with Crippen LogP contribution in [0.3, 0.4) is 0 Å². The molecule has 0 nitrogen and oxygen atoms in total. The Kier molecular flexibility index (Phi) is 5.95. The van der Waals surface area contributed by atoms with E-state index >= 15 is 0 Å². The van der Waals surface area contributed by atoms with Crippen LogP contribution in [0.1, 0.15) is 58.8 Å². The Hall–Kier alpha value is -0.498. The van der Waals surface area contributed by atoms with Crippen LogP contribution in [0.25, 0.3) is 0 Å². The van der Waals surface area contributed by atoms with E-state index in [-0.39, 0.29) is 0 Å². The van der Waals surface area contributed by atoms with Gasteiger partial charge in [0.1, 0.15) is 6.71 Å². The van der Waals surface area contributed by atoms with E-state index < -0.39 is 8.07 Å². The molecule has 2 aliphatic heterocycles. The average Bonchev–Trinajstić information content (AvgIpc) is 2.55. The number of fused-ring (bicyclic) bond motifs is 2. The normalized spacial score (nSPS) is 26.9. The van der Waals surface area contributed by atoms with Crippen molar-refractivity contribution in [3.05, 3.63) is 30.3 Å². The Morgan fingerprint density at radius 2 is 1.50 bits per heavy atom. The van der Waals surface area contributed by atoms with Crippen LogP contribution in [0.2, 0.25) is 36.6 Å². The maximum atomic E-state index is 2.58. The molecule has 2 aliphatic rings. The van der Waals surface area contributed by atoms with Crippen LogP contribution < -0.4 is 5.19 Å². The minimum Gasteiger partial charge on any atom is -0.0711 e. The molecule has 1 aromatic carbocycles. The Bertz CT molecular complexity index is 490. The lowest BCUT2D eigenvalue weighted by Gasteiger charge is -2.42. The maximum absolute atomic E-state index is 2.58. The molecule has 0 aromatic heterocycles. The summed E-state index contributed by atoms with van der Waals surface area (Å²) in [5.41, 5.74) is 0.873. The minimum atomic E-state index is -1.34. The van der Waals surface area contributed by atoms with Crippen LogP contribution in [0.15, 0.2) is 30.3 Å². The van der Waals surface area contributed by atoms with Gasteiger partial charge in [0.15, 0.2) is 0 Å². The van der Waals surface area contributed by atoms with E-state index in [0.717, 1.165) is 29.8 Å². The van der Waals surface area contributed by atoms with Gasteiger partial charge in [-0.2, -0.15) is 0 Å². The van der Waals surface area contributed by atoms with Gasteiger partial charge in [-0.15, -0.1) is 0 Å². The van der Waals surface area contributed by atoms with Crippen LogP contribution in [0, 0.1) is 5.92 Å². The Morgan fingerprint density at radius 1 is 0.958 bits per heavy atom. The molecular formula is C22H37BSi. The largest absolute Gasteiger partial charge is 0.146 e. The summed E-state index contributed by atoms with van der Waals surface area (Å²) in [5.74, 6) is 3.06. The van der Waals surface area contributed by atoms with E-state index in [1.807, 2.05) is 0 Å². The maximum Gasteiger partial charge on any atom is 0.146 e. The Morgan fingerprint density at radius 3 is 2.04 bits per heavy atom. The summed E-state index contributed by atoms with van der Waals surface area (Å²) in [6.45, 7) is 11.3. The smallest absolute Gasteiger partial charge is 0.0711 e. The lowest BCUT2D eigenvalue weighted by Crippen LogP contribution is -2.45. The van der Waals surface area contributed by atoms with Gasteiger partial charge in [-0.3, -0.25) is 0 Å². The molecule has 3 rings (SSSR count). The van der Waals surface area contributed by atoms with Crippen molar-refractivity contribution in [2.45, 2.75) is 95.4 Å². The molecule has 0 saturated carbocycles. The first kappa shape index (κ1) is 18.3. The number of rotatable bonds is 6. The highest BCUT2D eigenvalue weighted by molar-refractivity contribution is 6.90. The summed E-state index contributed by atoms with van der Waals surface area (Å²) >= 11 is 0. The number of hydrogen-bond donors (Lipinski definition) is 0. The molecule has 132 valence electrons. The number of benzene rings is 1. The van der Waals surface area contributed by atoms with E-state index in [9.17, 15) is 0 Å². The molecule has 24 heavy (non-hydrogen) atoms. The van der Waals surface area contributed by atoms with Gasteiger partial charge in [0.05, 0.1) is 8.07 Å². The highest BCUT2D eigenvalue weighted by Crippen LogP contribution is 2.49. The third-order valence-corrected chi connectivity index (χ3v) is 12.2. The zero-order valence-electron chi connectivity index (χ0n) is 16.4. The molecule has 0 spiro atoms. The third-order valence-electron chi connectivity index (χ3n) is 7.69. The Labute approximate surface area is 151 Å². The standard InChI is InChI=1S/C22H37BSi/c1-18(17-23-20-10-8-11-21(23)13-9-12-20)16-19(2)24(3,4)22-14-6-5-7-15-22/h5-7,14-15,18-21H,8-13,16-17H2,1-4H3/t18-,19-,20?,21?/m0/s1. The van der Waals surface area contributed by atoms with Crippen molar-refractivity contribution >= 4 is 20.0 Å².